The number of likely N-dealkylation sites (tertiary alicyclic amines) is 1. The van der Waals surface area contributed by atoms with Crippen molar-refractivity contribution in [3.05, 3.63) is 52.9 Å². The first-order valence-electron chi connectivity index (χ1n) is 13.7. The molecule has 9 heteroatoms. The average Bonchev–Trinajstić information content (AvgIpc) is 3.44. The van der Waals surface area contributed by atoms with Crippen LogP contribution in [0, 0.1) is 11.8 Å². The van der Waals surface area contributed by atoms with E-state index in [0.717, 1.165) is 60.9 Å². The fraction of sp³-hybridized carbons (Fsp3) is 0.552. The number of carbonyl (C=O) groups is 1. The Morgan fingerprint density at radius 1 is 1.16 bits per heavy atom. The van der Waals surface area contributed by atoms with Crippen molar-refractivity contribution in [2.24, 2.45) is 11.8 Å². The number of fused-ring (bicyclic) bond motifs is 1. The first kappa shape index (κ1) is 26.9. The second kappa shape index (κ2) is 11.2. The van der Waals surface area contributed by atoms with Gasteiger partial charge in [-0.1, -0.05) is 30.3 Å². The third-order valence-corrected chi connectivity index (χ3v) is 8.29. The van der Waals surface area contributed by atoms with E-state index in [-0.39, 0.29) is 6.09 Å². The molecular weight excluding hydrogens is 544 g/mol. The zero-order chi connectivity index (χ0) is 26.9. The van der Waals surface area contributed by atoms with Crippen LogP contribution >= 0.6 is 15.9 Å². The zero-order valence-corrected chi connectivity index (χ0v) is 24.2. The number of benzene rings is 1. The third-order valence-electron chi connectivity index (χ3n) is 7.69. The van der Waals surface area contributed by atoms with Crippen LogP contribution in [0.1, 0.15) is 51.6 Å². The number of amides is 1. The normalized spacial score (nSPS) is 20.5. The number of aromatic nitrogens is 3. The maximum Gasteiger partial charge on any atom is 0.410 e. The summed E-state index contributed by atoms with van der Waals surface area (Å²) in [5.41, 5.74) is 7.76. The summed E-state index contributed by atoms with van der Waals surface area (Å²) >= 11 is 3.64. The summed E-state index contributed by atoms with van der Waals surface area (Å²) in [5.74, 6) is 1.67. The number of halogens is 1. The third kappa shape index (κ3) is 6.31. The fourth-order valence-corrected chi connectivity index (χ4v) is 6.52. The summed E-state index contributed by atoms with van der Waals surface area (Å²) in [4.78, 5) is 26.1. The number of nitrogens with zero attached hydrogens (tertiary/aromatic N) is 5. The fourth-order valence-electron chi connectivity index (χ4n) is 5.92. The van der Waals surface area contributed by atoms with Crippen LogP contribution in [0.3, 0.4) is 0 Å². The van der Waals surface area contributed by atoms with Crippen molar-refractivity contribution in [3.63, 3.8) is 0 Å². The van der Waals surface area contributed by atoms with Crippen LogP contribution in [-0.4, -0.2) is 68.8 Å². The molecule has 38 heavy (non-hydrogen) atoms. The highest BCUT2D eigenvalue weighted by Crippen LogP contribution is 2.40. The molecule has 1 saturated carbocycles. The highest BCUT2D eigenvalue weighted by molar-refractivity contribution is 9.10. The Bertz CT molecular complexity index is 1250. The quantitative estimate of drug-likeness (QED) is 0.375. The first-order valence-corrected chi connectivity index (χ1v) is 14.5. The highest BCUT2D eigenvalue weighted by Gasteiger charge is 2.35. The summed E-state index contributed by atoms with van der Waals surface area (Å²) in [6.45, 7) is 10.4. The molecule has 1 saturated heterocycles. The molecule has 2 fully saturated rings. The van der Waals surface area contributed by atoms with E-state index in [0.29, 0.717) is 30.2 Å². The number of carbonyl (C=O) groups excluding carboxylic acids is 1. The summed E-state index contributed by atoms with van der Waals surface area (Å²) < 4.78 is 8.98. The van der Waals surface area contributed by atoms with Crippen molar-refractivity contribution < 1.29 is 9.53 Å². The van der Waals surface area contributed by atoms with Crippen molar-refractivity contribution in [1.29, 1.82) is 0 Å². The molecule has 2 aliphatic rings. The van der Waals surface area contributed by atoms with Crippen LogP contribution in [0.5, 0.6) is 0 Å². The highest BCUT2D eigenvalue weighted by atomic mass is 79.9. The van der Waals surface area contributed by atoms with Gasteiger partial charge in [-0.05, 0) is 73.9 Å². The number of hydrogen-bond acceptors (Lipinski definition) is 6. The first-order chi connectivity index (χ1) is 18.2. The molecule has 2 N–H and O–H groups in total. The molecule has 1 aliphatic carbocycles. The Morgan fingerprint density at radius 2 is 1.92 bits per heavy atom. The van der Waals surface area contributed by atoms with Gasteiger partial charge in [0.1, 0.15) is 23.4 Å². The van der Waals surface area contributed by atoms with Gasteiger partial charge in [-0.15, -0.1) is 0 Å². The number of hydrogen-bond donors (Lipinski definition) is 1. The van der Waals surface area contributed by atoms with Crippen LogP contribution in [0.25, 0.3) is 11.0 Å². The lowest BCUT2D eigenvalue weighted by Gasteiger charge is -2.43. The maximum atomic E-state index is 13.0. The molecule has 8 nitrogen and oxygen atoms in total. The van der Waals surface area contributed by atoms with Gasteiger partial charge >= 0.3 is 6.09 Å². The molecule has 0 radical (unpaired) electrons. The van der Waals surface area contributed by atoms with Gasteiger partial charge in [-0.25, -0.2) is 14.8 Å². The van der Waals surface area contributed by atoms with Crippen LogP contribution in [-0.2, 0) is 11.2 Å². The summed E-state index contributed by atoms with van der Waals surface area (Å²) in [6.07, 6.45) is 7.79. The number of ether oxygens (including phenoxy) is 1. The lowest BCUT2D eigenvalue weighted by atomic mass is 9.96. The zero-order valence-electron chi connectivity index (χ0n) is 22.6. The Kier molecular flexibility index (Phi) is 7.95. The van der Waals surface area contributed by atoms with Crippen LogP contribution in [0.15, 0.2) is 47.3 Å². The number of rotatable bonds is 8. The van der Waals surface area contributed by atoms with Gasteiger partial charge in [-0.3, -0.25) is 0 Å². The summed E-state index contributed by atoms with van der Waals surface area (Å²) in [5, 5.41) is 0.906. The van der Waals surface area contributed by atoms with E-state index in [1.807, 2.05) is 43.9 Å². The molecule has 0 bridgehead atoms. The van der Waals surface area contributed by atoms with Crippen molar-refractivity contribution in [3.8, 4) is 0 Å². The second-order valence-corrected chi connectivity index (χ2v) is 12.8. The van der Waals surface area contributed by atoms with Gasteiger partial charge in [0.25, 0.3) is 0 Å². The molecule has 1 aliphatic heterocycles. The molecular formula is C29H39BrN6O2. The Labute approximate surface area is 233 Å². The standard InChI is InChI=1S/C29H39BrN6O2/c1-29(2,3)38-28(37)35(12-11-20-7-5-4-6-8-20)17-22-15-34(16-22)14-21-9-10-23(13-21)36-18-24(30)25-26(31)32-19-33-27(25)36/h4-8,18-19,21-23H,9-17H2,1-3H3,(H2,31,32,33). The lowest BCUT2D eigenvalue weighted by molar-refractivity contribution is 0.00817. The van der Waals surface area contributed by atoms with E-state index in [9.17, 15) is 4.79 Å². The van der Waals surface area contributed by atoms with Crippen molar-refractivity contribution in [2.75, 3.05) is 38.5 Å². The largest absolute Gasteiger partial charge is 0.444 e. The average molecular weight is 584 g/mol. The van der Waals surface area contributed by atoms with Gasteiger partial charge in [0.15, 0.2) is 0 Å². The molecule has 2 unspecified atom stereocenters. The molecule has 204 valence electrons. The molecule has 3 heterocycles. The van der Waals surface area contributed by atoms with E-state index in [4.69, 9.17) is 10.5 Å². The van der Waals surface area contributed by atoms with E-state index in [1.54, 1.807) is 6.33 Å². The van der Waals surface area contributed by atoms with Crippen molar-refractivity contribution in [2.45, 2.75) is 58.1 Å². The minimum Gasteiger partial charge on any atom is -0.444 e. The number of nitrogen functional groups attached to an aromatic ring is 1. The van der Waals surface area contributed by atoms with Gasteiger partial charge in [0, 0.05) is 55.4 Å². The minimum absolute atomic E-state index is 0.208. The van der Waals surface area contributed by atoms with E-state index < -0.39 is 5.60 Å². The number of nitrogens with two attached hydrogens (primary N) is 1. The van der Waals surface area contributed by atoms with E-state index >= 15 is 0 Å². The van der Waals surface area contributed by atoms with Gasteiger partial charge in [0.05, 0.1) is 5.39 Å². The van der Waals surface area contributed by atoms with Gasteiger partial charge < -0.3 is 24.8 Å². The van der Waals surface area contributed by atoms with Crippen LogP contribution in [0.2, 0.25) is 0 Å². The predicted molar refractivity (Wildman–Crippen MR) is 154 cm³/mol. The predicted octanol–water partition coefficient (Wildman–Crippen LogP) is 5.53. The van der Waals surface area contributed by atoms with E-state index in [1.165, 1.54) is 12.0 Å². The Balaban J connectivity index is 1.13. The Morgan fingerprint density at radius 3 is 2.66 bits per heavy atom. The number of anilines is 1. The SMILES string of the molecule is CC(C)(C)OC(=O)N(CCc1ccccc1)CC1CN(CC2CCC(n3cc(Br)c4c(N)ncnc43)C2)C1. The van der Waals surface area contributed by atoms with Gasteiger partial charge in [-0.2, -0.15) is 0 Å². The lowest BCUT2D eigenvalue weighted by Crippen LogP contribution is -2.54. The molecule has 5 rings (SSSR count). The van der Waals surface area contributed by atoms with Gasteiger partial charge in [0.2, 0.25) is 0 Å². The molecule has 2 atom stereocenters. The molecule has 3 aromatic rings. The Hall–Kier alpha value is -2.65. The maximum absolute atomic E-state index is 13.0. The minimum atomic E-state index is -0.495. The molecule has 1 aromatic carbocycles. The van der Waals surface area contributed by atoms with Crippen LogP contribution < -0.4 is 5.73 Å². The summed E-state index contributed by atoms with van der Waals surface area (Å²) in [7, 11) is 0. The molecule has 0 spiro atoms. The smallest absolute Gasteiger partial charge is 0.410 e. The topological polar surface area (TPSA) is 89.5 Å². The monoisotopic (exact) mass is 582 g/mol. The second-order valence-electron chi connectivity index (χ2n) is 11.9. The van der Waals surface area contributed by atoms with Crippen LogP contribution in [0.4, 0.5) is 10.6 Å². The van der Waals surface area contributed by atoms with E-state index in [2.05, 4.69) is 53.7 Å². The van der Waals surface area contributed by atoms with Crippen molar-refractivity contribution in [1.82, 2.24) is 24.3 Å². The van der Waals surface area contributed by atoms with Crippen molar-refractivity contribution >= 4 is 38.9 Å². The molecule has 1 amide bonds. The molecule has 2 aromatic heterocycles. The summed E-state index contributed by atoms with van der Waals surface area (Å²) in [6, 6.07) is 10.8.